The molecule has 0 spiro atoms. The number of carboxylic acids is 1. The van der Waals surface area contributed by atoms with E-state index >= 15 is 0 Å². The van der Waals surface area contributed by atoms with Gasteiger partial charge >= 0.3 is 5.97 Å². The Morgan fingerprint density at radius 3 is 2.53 bits per heavy atom. The summed E-state index contributed by atoms with van der Waals surface area (Å²) >= 11 is 0. The van der Waals surface area contributed by atoms with Crippen molar-refractivity contribution in [3.63, 3.8) is 0 Å². The topological polar surface area (TPSA) is 46.5 Å². The van der Waals surface area contributed by atoms with Crippen LogP contribution in [0.3, 0.4) is 0 Å². The molecule has 3 atom stereocenters. The van der Waals surface area contributed by atoms with Gasteiger partial charge in [0.05, 0.1) is 12.5 Å². The first kappa shape index (κ1) is 21.0. The Morgan fingerprint density at radius 2 is 1.90 bits per heavy atom. The second-order valence-electron chi connectivity index (χ2n) is 9.92. The second-order valence-corrected chi connectivity index (χ2v) is 9.92. The van der Waals surface area contributed by atoms with E-state index < -0.39 is 11.4 Å². The molecular formula is C27H34O3. The third-order valence-electron chi connectivity index (χ3n) is 7.97. The molecule has 3 heteroatoms. The van der Waals surface area contributed by atoms with Gasteiger partial charge in [0.1, 0.15) is 5.75 Å². The summed E-state index contributed by atoms with van der Waals surface area (Å²) in [5.74, 6) is 0.844. The Kier molecular flexibility index (Phi) is 5.42. The predicted molar refractivity (Wildman–Crippen MR) is 120 cm³/mol. The highest BCUT2D eigenvalue weighted by molar-refractivity contribution is 5.76. The molecule has 3 nitrogen and oxygen atoms in total. The monoisotopic (exact) mass is 406 g/mol. The van der Waals surface area contributed by atoms with Crippen LogP contribution < -0.4 is 4.74 Å². The van der Waals surface area contributed by atoms with Crippen molar-refractivity contribution in [2.45, 2.75) is 70.6 Å². The zero-order valence-corrected chi connectivity index (χ0v) is 18.7. The van der Waals surface area contributed by atoms with E-state index in [9.17, 15) is 9.90 Å². The summed E-state index contributed by atoms with van der Waals surface area (Å²) in [5.41, 5.74) is 4.51. The fourth-order valence-electron chi connectivity index (χ4n) is 6.33. The lowest BCUT2D eigenvalue weighted by Crippen LogP contribution is -2.54. The Labute approximate surface area is 180 Å². The van der Waals surface area contributed by atoms with Crippen LogP contribution in [0.5, 0.6) is 5.75 Å². The van der Waals surface area contributed by atoms with Crippen LogP contribution in [0.2, 0.25) is 0 Å². The molecule has 160 valence electrons. The van der Waals surface area contributed by atoms with E-state index in [2.05, 4.69) is 39.0 Å². The highest BCUT2D eigenvalue weighted by Crippen LogP contribution is 2.58. The molecule has 1 fully saturated rings. The van der Waals surface area contributed by atoms with Crippen LogP contribution in [-0.2, 0) is 23.1 Å². The van der Waals surface area contributed by atoms with Gasteiger partial charge in [-0.1, -0.05) is 57.5 Å². The Balaban J connectivity index is 1.74. The van der Waals surface area contributed by atoms with Crippen LogP contribution in [0.15, 0.2) is 42.5 Å². The zero-order chi connectivity index (χ0) is 21.5. The van der Waals surface area contributed by atoms with Gasteiger partial charge in [0, 0.05) is 0 Å². The van der Waals surface area contributed by atoms with Crippen molar-refractivity contribution < 1.29 is 14.6 Å². The summed E-state index contributed by atoms with van der Waals surface area (Å²) in [6, 6.07) is 14.9. The van der Waals surface area contributed by atoms with Crippen LogP contribution in [0, 0.1) is 11.3 Å². The van der Waals surface area contributed by atoms with E-state index in [0.29, 0.717) is 12.3 Å². The van der Waals surface area contributed by atoms with Crippen LogP contribution >= 0.6 is 0 Å². The van der Waals surface area contributed by atoms with Crippen molar-refractivity contribution in [3.8, 4) is 5.75 Å². The second kappa shape index (κ2) is 7.76. The summed E-state index contributed by atoms with van der Waals surface area (Å²) < 4.78 is 5.28. The average Bonchev–Trinajstić information content (AvgIpc) is 2.73. The van der Waals surface area contributed by atoms with E-state index in [1.165, 1.54) is 16.7 Å². The zero-order valence-electron chi connectivity index (χ0n) is 18.7. The predicted octanol–water partition coefficient (Wildman–Crippen LogP) is 6.14. The van der Waals surface area contributed by atoms with Crippen LogP contribution in [0.25, 0.3) is 0 Å². The van der Waals surface area contributed by atoms with Crippen LogP contribution in [-0.4, -0.2) is 18.2 Å². The SMILES string of the molecule is COc1ccc(C[C@@]2(C(=O)O)CCC[C@]3(C)c4ccc(C(C)C)cc4CC[C@@H]23)cc1. The molecule has 0 aromatic heterocycles. The van der Waals surface area contributed by atoms with Gasteiger partial charge in [0.2, 0.25) is 0 Å². The lowest BCUT2D eigenvalue weighted by Gasteiger charge is -2.55. The molecule has 1 saturated carbocycles. The molecule has 0 amide bonds. The van der Waals surface area contributed by atoms with Gasteiger partial charge in [-0.05, 0) is 83.7 Å². The number of carbonyl (C=O) groups is 1. The first-order valence-electron chi connectivity index (χ1n) is 11.3. The molecule has 0 bridgehead atoms. The smallest absolute Gasteiger partial charge is 0.310 e. The maximum Gasteiger partial charge on any atom is 0.310 e. The minimum absolute atomic E-state index is 0.0772. The molecule has 0 radical (unpaired) electrons. The summed E-state index contributed by atoms with van der Waals surface area (Å²) in [4.78, 5) is 12.8. The van der Waals surface area contributed by atoms with Crippen molar-refractivity contribution in [2.24, 2.45) is 11.3 Å². The fourth-order valence-corrected chi connectivity index (χ4v) is 6.33. The van der Waals surface area contributed by atoms with E-state index in [1.807, 2.05) is 24.3 Å². The van der Waals surface area contributed by atoms with Gasteiger partial charge in [-0.15, -0.1) is 0 Å². The lowest BCUT2D eigenvalue weighted by molar-refractivity contribution is -0.159. The molecular weight excluding hydrogens is 372 g/mol. The van der Waals surface area contributed by atoms with E-state index in [1.54, 1.807) is 7.11 Å². The first-order valence-corrected chi connectivity index (χ1v) is 11.3. The molecule has 1 N–H and O–H groups in total. The third-order valence-corrected chi connectivity index (χ3v) is 7.97. The molecule has 2 aliphatic carbocycles. The van der Waals surface area contributed by atoms with E-state index in [4.69, 9.17) is 4.74 Å². The van der Waals surface area contributed by atoms with Crippen molar-refractivity contribution in [2.75, 3.05) is 7.11 Å². The van der Waals surface area contributed by atoms with Crippen molar-refractivity contribution in [3.05, 3.63) is 64.7 Å². The molecule has 2 aromatic rings. The Bertz CT molecular complexity index is 930. The van der Waals surface area contributed by atoms with Gasteiger partial charge in [-0.3, -0.25) is 4.79 Å². The Morgan fingerprint density at radius 1 is 1.17 bits per heavy atom. The average molecular weight is 407 g/mol. The normalized spacial score (nSPS) is 28.0. The molecule has 0 unspecified atom stereocenters. The maximum absolute atomic E-state index is 12.8. The minimum atomic E-state index is -0.712. The van der Waals surface area contributed by atoms with Gasteiger partial charge in [0.25, 0.3) is 0 Å². The summed E-state index contributed by atoms with van der Waals surface area (Å²) in [5, 5.41) is 10.5. The maximum atomic E-state index is 12.8. The summed E-state index contributed by atoms with van der Waals surface area (Å²) in [6.07, 6.45) is 5.31. The van der Waals surface area contributed by atoms with E-state index in [-0.39, 0.29) is 11.3 Å². The number of ether oxygens (including phenoxy) is 1. The highest BCUT2D eigenvalue weighted by atomic mass is 16.5. The van der Waals surface area contributed by atoms with Crippen molar-refractivity contribution in [1.29, 1.82) is 0 Å². The van der Waals surface area contributed by atoms with Gasteiger partial charge in [-0.25, -0.2) is 0 Å². The number of hydrogen-bond acceptors (Lipinski definition) is 2. The number of carboxylic acid groups (broad SMARTS) is 1. The molecule has 4 rings (SSSR count). The largest absolute Gasteiger partial charge is 0.497 e. The standard InChI is InChI=1S/C27H34O3/c1-18(2)20-8-12-23-21(16-20)9-13-24-26(23,3)14-5-15-27(24,25(28)29)17-19-6-10-22(30-4)11-7-19/h6-8,10-12,16,18,24H,5,9,13-15,17H2,1-4H3,(H,28,29)/t24-,26-,27+/m1/s1. The number of fused-ring (bicyclic) bond motifs is 3. The summed E-state index contributed by atoms with van der Waals surface area (Å²) in [6.45, 7) is 6.80. The number of benzene rings is 2. The van der Waals surface area contributed by atoms with E-state index in [0.717, 1.165) is 43.4 Å². The number of aliphatic carboxylic acids is 1. The minimum Gasteiger partial charge on any atom is -0.497 e. The number of hydrogen-bond donors (Lipinski definition) is 1. The van der Waals surface area contributed by atoms with Gasteiger partial charge in [-0.2, -0.15) is 0 Å². The highest BCUT2D eigenvalue weighted by Gasteiger charge is 2.57. The summed E-state index contributed by atoms with van der Waals surface area (Å²) in [7, 11) is 1.66. The van der Waals surface area contributed by atoms with Gasteiger partial charge in [0.15, 0.2) is 0 Å². The first-order chi connectivity index (χ1) is 14.3. The molecule has 0 saturated heterocycles. The molecule has 2 aliphatic rings. The third kappa shape index (κ3) is 3.33. The van der Waals surface area contributed by atoms with Crippen LogP contribution in [0.4, 0.5) is 0 Å². The van der Waals surface area contributed by atoms with Crippen molar-refractivity contribution >= 4 is 5.97 Å². The fraction of sp³-hybridized carbons (Fsp3) is 0.519. The van der Waals surface area contributed by atoms with Crippen molar-refractivity contribution in [1.82, 2.24) is 0 Å². The van der Waals surface area contributed by atoms with Gasteiger partial charge < -0.3 is 9.84 Å². The molecule has 2 aromatic carbocycles. The quantitative estimate of drug-likeness (QED) is 0.649. The number of rotatable bonds is 5. The lowest BCUT2D eigenvalue weighted by atomic mass is 9.48. The van der Waals surface area contributed by atoms with Crippen LogP contribution in [0.1, 0.15) is 74.6 Å². The molecule has 30 heavy (non-hydrogen) atoms. The number of methoxy groups -OCH3 is 1. The molecule has 0 heterocycles. The Hall–Kier alpha value is -2.29. The number of aryl methyl sites for hydroxylation is 1. The molecule has 0 aliphatic heterocycles.